The van der Waals surface area contributed by atoms with Crippen LogP contribution in [0.5, 0.6) is 0 Å². The fraction of sp³-hybridized carbons (Fsp3) is 0.467. The van der Waals surface area contributed by atoms with Gasteiger partial charge in [0.05, 0.1) is 41.4 Å². The molecule has 0 aliphatic carbocycles. The zero-order valence-corrected chi connectivity index (χ0v) is 13.4. The summed E-state index contributed by atoms with van der Waals surface area (Å²) in [5.74, 6) is 0.533. The van der Waals surface area contributed by atoms with E-state index in [1.807, 2.05) is 27.8 Å². The number of nitrogens with zero attached hydrogens (tertiary/aromatic N) is 5. The van der Waals surface area contributed by atoms with Gasteiger partial charge in [-0.2, -0.15) is 0 Å². The second-order valence-corrected chi connectivity index (χ2v) is 6.67. The Morgan fingerprint density at radius 1 is 1.43 bits per heavy atom. The summed E-state index contributed by atoms with van der Waals surface area (Å²) in [6.07, 6.45) is 4.43. The van der Waals surface area contributed by atoms with E-state index in [-0.39, 0.29) is 18.1 Å². The van der Waals surface area contributed by atoms with E-state index in [4.69, 9.17) is 4.74 Å². The lowest BCUT2D eigenvalue weighted by molar-refractivity contribution is -0.135. The third kappa shape index (κ3) is 2.96. The minimum absolute atomic E-state index is 0.0683. The molecule has 0 aromatic carbocycles. The number of carbonyl (C=O) groups excluding carboxylic acids is 1. The maximum absolute atomic E-state index is 12.5. The van der Waals surface area contributed by atoms with Gasteiger partial charge in [-0.05, 0) is 18.6 Å². The standard InChI is InChI=1S/C15H17N5O2S/c21-15(10-23-14-3-1-2-5-16-14)19-6-4-13-12(8-19)20-11(9-22-13)7-17-18-20/h1-3,5,7,12-13H,4,6,8-10H2. The summed E-state index contributed by atoms with van der Waals surface area (Å²) < 4.78 is 7.79. The molecule has 0 saturated carbocycles. The van der Waals surface area contributed by atoms with E-state index in [1.54, 1.807) is 12.4 Å². The molecule has 2 aliphatic heterocycles. The quantitative estimate of drug-likeness (QED) is 0.785. The van der Waals surface area contributed by atoms with Crippen LogP contribution < -0.4 is 0 Å². The highest BCUT2D eigenvalue weighted by atomic mass is 32.2. The molecule has 1 saturated heterocycles. The summed E-state index contributed by atoms with van der Waals surface area (Å²) in [5, 5.41) is 8.99. The average molecular weight is 331 g/mol. The molecule has 2 atom stereocenters. The van der Waals surface area contributed by atoms with E-state index in [0.29, 0.717) is 18.9 Å². The van der Waals surface area contributed by atoms with E-state index in [2.05, 4.69) is 15.3 Å². The molecule has 2 aromatic rings. The predicted molar refractivity (Wildman–Crippen MR) is 83.8 cm³/mol. The number of hydrogen-bond donors (Lipinski definition) is 0. The Morgan fingerprint density at radius 3 is 3.26 bits per heavy atom. The number of piperidine rings is 1. The van der Waals surface area contributed by atoms with Gasteiger partial charge >= 0.3 is 0 Å². The van der Waals surface area contributed by atoms with Gasteiger partial charge in [-0.3, -0.25) is 4.79 Å². The fourth-order valence-electron chi connectivity index (χ4n) is 3.07. The Morgan fingerprint density at radius 2 is 2.39 bits per heavy atom. The molecule has 2 unspecified atom stereocenters. The first-order chi connectivity index (χ1) is 11.3. The topological polar surface area (TPSA) is 73.1 Å². The van der Waals surface area contributed by atoms with Crippen molar-refractivity contribution in [2.75, 3.05) is 18.8 Å². The molecule has 2 aromatic heterocycles. The van der Waals surface area contributed by atoms with Crippen molar-refractivity contribution >= 4 is 17.7 Å². The summed E-state index contributed by atoms with van der Waals surface area (Å²) in [7, 11) is 0. The Hall–Kier alpha value is -1.93. The van der Waals surface area contributed by atoms with Crippen LogP contribution in [-0.2, 0) is 16.1 Å². The number of amides is 1. The lowest BCUT2D eigenvalue weighted by atomic mass is 10.0. The van der Waals surface area contributed by atoms with Crippen LogP contribution in [-0.4, -0.2) is 55.7 Å². The molecule has 1 fully saturated rings. The normalized spacial score (nSPS) is 23.2. The molecule has 4 heterocycles. The molecule has 2 aliphatic rings. The molecule has 120 valence electrons. The molecule has 4 rings (SSSR count). The summed E-state index contributed by atoms with van der Waals surface area (Å²) in [5.41, 5.74) is 0.975. The monoisotopic (exact) mass is 331 g/mol. The van der Waals surface area contributed by atoms with Gasteiger partial charge < -0.3 is 9.64 Å². The molecule has 23 heavy (non-hydrogen) atoms. The first kappa shape index (κ1) is 14.6. The number of rotatable bonds is 3. The highest BCUT2D eigenvalue weighted by Gasteiger charge is 2.37. The molecule has 0 N–H and O–H groups in total. The number of aromatic nitrogens is 4. The number of carbonyl (C=O) groups is 1. The largest absolute Gasteiger partial charge is 0.370 e. The first-order valence-electron chi connectivity index (χ1n) is 7.63. The van der Waals surface area contributed by atoms with Gasteiger partial charge in [0.1, 0.15) is 0 Å². The fourth-order valence-corrected chi connectivity index (χ4v) is 3.83. The van der Waals surface area contributed by atoms with Crippen molar-refractivity contribution in [2.45, 2.75) is 30.2 Å². The van der Waals surface area contributed by atoms with Crippen molar-refractivity contribution < 1.29 is 9.53 Å². The maximum Gasteiger partial charge on any atom is 0.233 e. The number of ether oxygens (including phenoxy) is 1. The highest BCUT2D eigenvalue weighted by Crippen LogP contribution is 2.30. The van der Waals surface area contributed by atoms with Crippen LogP contribution in [0.3, 0.4) is 0 Å². The van der Waals surface area contributed by atoms with Gasteiger partial charge in [0, 0.05) is 19.3 Å². The number of fused-ring (bicyclic) bond motifs is 3. The summed E-state index contributed by atoms with van der Waals surface area (Å²) in [6.45, 7) is 1.91. The Kier molecular flexibility index (Phi) is 4.00. The summed E-state index contributed by atoms with van der Waals surface area (Å²) >= 11 is 1.47. The van der Waals surface area contributed by atoms with Gasteiger partial charge in [0.2, 0.25) is 5.91 Å². The van der Waals surface area contributed by atoms with Crippen LogP contribution in [0.2, 0.25) is 0 Å². The molecular weight excluding hydrogens is 314 g/mol. The molecule has 7 nitrogen and oxygen atoms in total. The van der Waals surface area contributed by atoms with Crippen LogP contribution in [0.4, 0.5) is 0 Å². The summed E-state index contributed by atoms with van der Waals surface area (Å²) in [6, 6.07) is 5.78. The Bertz CT molecular complexity index is 692. The minimum Gasteiger partial charge on any atom is -0.370 e. The van der Waals surface area contributed by atoms with Gasteiger partial charge in [-0.1, -0.05) is 23.0 Å². The SMILES string of the molecule is O=C(CSc1ccccn1)N1CCC2OCc3cnnn3C2C1. The van der Waals surface area contributed by atoms with Crippen LogP contribution in [0.1, 0.15) is 18.2 Å². The molecular formula is C15H17N5O2S. The summed E-state index contributed by atoms with van der Waals surface area (Å²) in [4.78, 5) is 18.6. The van der Waals surface area contributed by atoms with Crippen LogP contribution in [0.25, 0.3) is 0 Å². The minimum atomic E-state index is 0.0683. The highest BCUT2D eigenvalue weighted by molar-refractivity contribution is 7.99. The van der Waals surface area contributed by atoms with Gasteiger partial charge in [0.15, 0.2) is 0 Å². The lowest BCUT2D eigenvalue weighted by Crippen LogP contribution is -2.50. The van der Waals surface area contributed by atoms with Crippen molar-refractivity contribution in [1.82, 2.24) is 24.9 Å². The third-order valence-corrected chi connectivity index (χ3v) is 5.19. The van der Waals surface area contributed by atoms with Crippen LogP contribution >= 0.6 is 11.8 Å². The van der Waals surface area contributed by atoms with Crippen molar-refractivity contribution in [3.05, 3.63) is 36.3 Å². The zero-order valence-electron chi connectivity index (χ0n) is 12.5. The average Bonchev–Trinajstić information content (AvgIpc) is 3.09. The van der Waals surface area contributed by atoms with Crippen molar-refractivity contribution in [1.29, 1.82) is 0 Å². The van der Waals surface area contributed by atoms with Crippen LogP contribution in [0.15, 0.2) is 35.6 Å². The second-order valence-electron chi connectivity index (χ2n) is 5.67. The second kappa shape index (κ2) is 6.29. The van der Waals surface area contributed by atoms with Gasteiger partial charge in [0.25, 0.3) is 0 Å². The molecule has 0 bridgehead atoms. The molecule has 0 radical (unpaired) electrons. The van der Waals surface area contributed by atoms with Crippen molar-refractivity contribution in [3.8, 4) is 0 Å². The Balaban J connectivity index is 1.40. The van der Waals surface area contributed by atoms with E-state index >= 15 is 0 Å². The van der Waals surface area contributed by atoms with Crippen molar-refractivity contribution in [2.24, 2.45) is 0 Å². The van der Waals surface area contributed by atoms with Crippen molar-refractivity contribution in [3.63, 3.8) is 0 Å². The molecule has 8 heteroatoms. The Labute approximate surface area is 138 Å². The van der Waals surface area contributed by atoms with Gasteiger partial charge in [-0.15, -0.1) is 5.10 Å². The molecule has 0 spiro atoms. The maximum atomic E-state index is 12.5. The smallest absolute Gasteiger partial charge is 0.233 e. The number of pyridine rings is 1. The number of thioether (sulfide) groups is 1. The van der Waals surface area contributed by atoms with Gasteiger partial charge in [-0.25, -0.2) is 9.67 Å². The zero-order chi connectivity index (χ0) is 15.6. The third-order valence-electron chi connectivity index (χ3n) is 4.26. The van der Waals surface area contributed by atoms with E-state index in [9.17, 15) is 4.79 Å². The molecule has 1 amide bonds. The van der Waals surface area contributed by atoms with Crippen LogP contribution in [0, 0.1) is 0 Å². The lowest BCUT2D eigenvalue weighted by Gasteiger charge is -2.41. The predicted octanol–water partition coefficient (Wildman–Crippen LogP) is 1.14. The van der Waals surface area contributed by atoms with E-state index in [0.717, 1.165) is 23.7 Å². The number of likely N-dealkylation sites (tertiary alicyclic amines) is 1. The van der Waals surface area contributed by atoms with E-state index in [1.165, 1.54) is 11.8 Å². The number of hydrogen-bond acceptors (Lipinski definition) is 6. The van der Waals surface area contributed by atoms with E-state index < -0.39 is 0 Å². The first-order valence-corrected chi connectivity index (χ1v) is 8.62.